The standard InChI is InChI=1S/C13H15NO2/c1-13(9-14)7-4-8-16-12-10(13)5-3-6-11(12)15-2/h3,5-6H,4,7-8H2,1-2H3. The average Bonchev–Trinajstić information content (AvgIpc) is 2.50. The van der Waals surface area contributed by atoms with Crippen LogP contribution in [-0.4, -0.2) is 13.7 Å². The van der Waals surface area contributed by atoms with Crippen LogP contribution in [0, 0.1) is 11.3 Å². The van der Waals surface area contributed by atoms with Crippen LogP contribution >= 0.6 is 0 Å². The highest BCUT2D eigenvalue weighted by atomic mass is 16.5. The number of methoxy groups -OCH3 is 1. The molecule has 1 unspecified atom stereocenters. The van der Waals surface area contributed by atoms with Crippen LogP contribution in [0.25, 0.3) is 0 Å². The second kappa shape index (κ2) is 4.05. The molecule has 0 aromatic heterocycles. The lowest BCUT2D eigenvalue weighted by Crippen LogP contribution is -2.18. The first-order chi connectivity index (χ1) is 7.71. The molecular weight excluding hydrogens is 202 g/mol. The van der Waals surface area contributed by atoms with Gasteiger partial charge in [-0.2, -0.15) is 5.26 Å². The molecule has 0 fully saturated rings. The molecule has 1 heterocycles. The predicted molar refractivity (Wildman–Crippen MR) is 60.7 cm³/mol. The number of nitrogens with zero attached hydrogens (tertiary/aromatic N) is 1. The van der Waals surface area contributed by atoms with Crippen LogP contribution < -0.4 is 9.47 Å². The van der Waals surface area contributed by atoms with Crippen molar-refractivity contribution >= 4 is 0 Å². The van der Waals surface area contributed by atoms with E-state index in [0.29, 0.717) is 12.4 Å². The molecule has 0 spiro atoms. The summed E-state index contributed by atoms with van der Waals surface area (Å²) in [6.45, 7) is 2.60. The molecule has 84 valence electrons. The lowest BCUT2D eigenvalue weighted by molar-refractivity contribution is 0.294. The smallest absolute Gasteiger partial charge is 0.165 e. The maximum atomic E-state index is 9.34. The Balaban J connectivity index is 2.60. The Morgan fingerprint density at radius 1 is 1.50 bits per heavy atom. The number of para-hydroxylation sites is 1. The summed E-state index contributed by atoms with van der Waals surface area (Å²) in [5, 5.41) is 9.34. The number of nitriles is 1. The first kappa shape index (κ1) is 10.8. The highest BCUT2D eigenvalue weighted by Crippen LogP contribution is 2.42. The van der Waals surface area contributed by atoms with E-state index in [1.165, 1.54) is 0 Å². The summed E-state index contributed by atoms with van der Waals surface area (Å²) < 4.78 is 11.0. The summed E-state index contributed by atoms with van der Waals surface area (Å²) in [4.78, 5) is 0. The van der Waals surface area contributed by atoms with Crippen molar-refractivity contribution in [2.24, 2.45) is 0 Å². The van der Waals surface area contributed by atoms with Crippen molar-refractivity contribution in [3.63, 3.8) is 0 Å². The predicted octanol–water partition coefficient (Wildman–Crippen LogP) is 2.65. The van der Waals surface area contributed by atoms with Crippen LogP contribution in [0.2, 0.25) is 0 Å². The van der Waals surface area contributed by atoms with Crippen molar-refractivity contribution in [2.45, 2.75) is 25.2 Å². The lowest BCUT2D eigenvalue weighted by Gasteiger charge is -2.21. The molecular formula is C13H15NO2. The summed E-state index contributed by atoms with van der Waals surface area (Å²) in [6.07, 6.45) is 1.71. The fourth-order valence-corrected chi connectivity index (χ4v) is 2.11. The van der Waals surface area contributed by atoms with Crippen molar-refractivity contribution < 1.29 is 9.47 Å². The van der Waals surface area contributed by atoms with Crippen LogP contribution in [0.3, 0.4) is 0 Å². The molecule has 1 aliphatic heterocycles. The van der Waals surface area contributed by atoms with E-state index in [-0.39, 0.29) is 0 Å². The van der Waals surface area contributed by atoms with E-state index >= 15 is 0 Å². The van der Waals surface area contributed by atoms with Gasteiger partial charge in [0.1, 0.15) is 0 Å². The number of hydrogen-bond donors (Lipinski definition) is 0. The largest absolute Gasteiger partial charge is 0.493 e. The Morgan fingerprint density at radius 3 is 3.00 bits per heavy atom. The van der Waals surface area contributed by atoms with Gasteiger partial charge in [-0.15, -0.1) is 0 Å². The molecule has 1 aromatic rings. The van der Waals surface area contributed by atoms with Gasteiger partial charge in [0.2, 0.25) is 0 Å². The fourth-order valence-electron chi connectivity index (χ4n) is 2.11. The molecule has 0 radical (unpaired) electrons. The molecule has 0 amide bonds. The number of hydrogen-bond acceptors (Lipinski definition) is 3. The van der Waals surface area contributed by atoms with E-state index < -0.39 is 5.41 Å². The molecule has 0 N–H and O–H groups in total. The summed E-state index contributed by atoms with van der Waals surface area (Å²) >= 11 is 0. The normalized spacial score (nSPS) is 23.6. The number of fused-ring (bicyclic) bond motifs is 1. The Hall–Kier alpha value is -1.69. The van der Waals surface area contributed by atoms with Crippen molar-refractivity contribution in [1.82, 2.24) is 0 Å². The maximum absolute atomic E-state index is 9.34. The van der Waals surface area contributed by atoms with Gasteiger partial charge in [0.25, 0.3) is 0 Å². The molecule has 1 aromatic carbocycles. The van der Waals surface area contributed by atoms with Crippen LogP contribution in [0.1, 0.15) is 25.3 Å². The first-order valence-electron chi connectivity index (χ1n) is 5.43. The van der Waals surface area contributed by atoms with Gasteiger partial charge < -0.3 is 9.47 Å². The second-order valence-electron chi connectivity index (χ2n) is 4.23. The maximum Gasteiger partial charge on any atom is 0.165 e. The Morgan fingerprint density at radius 2 is 2.31 bits per heavy atom. The zero-order valence-electron chi connectivity index (χ0n) is 9.62. The van der Waals surface area contributed by atoms with Gasteiger partial charge in [-0.25, -0.2) is 0 Å². The quantitative estimate of drug-likeness (QED) is 0.726. The van der Waals surface area contributed by atoms with Gasteiger partial charge in [0, 0.05) is 5.56 Å². The molecule has 1 atom stereocenters. The third-order valence-corrected chi connectivity index (χ3v) is 3.11. The summed E-state index contributed by atoms with van der Waals surface area (Å²) in [5.74, 6) is 1.44. The van der Waals surface area contributed by atoms with Gasteiger partial charge in [0.15, 0.2) is 11.5 Å². The summed E-state index contributed by atoms with van der Waals surface area (Å²) in [5.41, 5.74) is 0.465. The number of ether oxygens (including phenoxy) is 2. The minimum atomic E-state index is -0.472. The van der Waals surface area contributed by atoms with Gasteiger partial charge >= 0.3 is 0 Å². The molecule has 2 rings (SSSR count). The monoisotopic (exact) mass is 217 g/mol. The van der Waals surface area contributed by atoms with Crippen molar-refractivity contribution in [2.75, 3.05) is 13.7 Å². The molecule has 3 heteroatoms. The van der Waals surface area contributed by atoms with E-state index in [9.17, 15) is 5.26 Å². The van der Waals surface area contributed by atoms with Gasteiger partial charge in [-0.1, -0.05) is 12.1 Å². The Labute approximate surface area is 95.6 Å². The molecule has 0 saturated carbocycles. The zero-order chi connectivity index (χ0) is 11.6. The molecule has 0 bridgehead atoms. The van der Waals surface area contributed by atoms with Crippen molar-refractivity contribution in [1.29, 1.82) is 5.26 Å². The van der Waals surface area contributed by atoms with E-state index in [2.05, 4.69) is 6.07 Å². The van der Waals surface area contributed by atoms with Crippen LogP contribution in [-0.2, 0) is 5.41 Å². The highest BCUT2D eigenvalue weighted by Gasteiger charge is 2.33. The van der Waals surface area contributed by atoms with E-state index in [1.807, 2.05) is 25.1 Å². The van der Waals surface area contributed by atoms with E-state index in [1.54, 1.807) is 7.11 Å². The van der Waals surface area contributed by atoms with E-state index in [0.717, 1.165) is 24.2 Å². The Bertz CT molecular complexity index is 436. The van der Waals surface area contributed by atoms with E-state index in [4.69, 9.17) is 9.47 Å². The highest BCUT2D eigenvalue weighted by molar-refractivity contribution is 5.52. The van der Waals surface area contributed by atoms with Gasteiger partial charge in [-0.3, -0.25) is 0 Å². The Kier molecular flexibility index (Phi) is 2.74. The molecule has 3 nitrogen and oxygen atoms in total. The van der Waals surface area contributed by atoms with Crippen LogP contribution in [0.5, 0.6) is 11.5 Å². The minimum absolute atomic E-state index is 0.472. The zero-order valence-corrected chi connectivity index (χ0v) is 9.62. The molecule has 1 aliphatic rings. The van der Waals surface area contributed by atoms with Crippen molar-refractivity contribution in [3.05, 3.63) is 23.8 Å². The summed E-state index contributed by atoms with van der Waals surface area (Å²) in [6, 6.07) is 8.11. The molecule has 0 saturated heterocycles. The van der Waals surface area contributed by atoms with Crippen LogP contribution in [0.15, 0.2) is 18.2 Å². The van der Waals surface area contributed by atoms with Crippen LogP contribution in [0.4, 0.5) is 0 Å². The topological polar surface area (TPSA) is 42.2 Å². The fraction of sp³-hybridized carbons (Fsp3) is 0.462. The third-order valence-electron chi connectivity index (χ3n) is 3.11. The second-order valence-corrected chi connectivity index (χ2v) is 4.23. The average molecular weight is 217 g/mol. The molecule has 0 aliphatic carbocycles. The summed E-state index contributed by atoms with van der Waals surface area (Å²) in [7, 11) is 1.62. The SMILES string of the molecule is COc1cccc2c1OCCCC2(C)C#N. The van der Waals surface area contributed by atoms with Gasteiger partial charge in [-0.05, 0) is 25.8 Å². The molecule has 16 heavy (non-hydrogen) atoms. The van der Waals surface area contributed by atoms with Gasteiger partial charge in [0.05, 0.1) is 25.2 Å². The number of benzene rings is 1. The first-order valence-corrected chi connectivity index (χ1v) is 5.43. The minimum Gasteiger partial charge on any atom is -0.493 e. The van der Waals surface area contributed by atoms with Crippen molar-refractivity contribution in [3.8, 4) is 17.6 Å². The third kappa shape index (κ3) is 1.61. The number of rotatable bonds is 1. The lowest BCUT2D eigenvalue weighted by atomic mass is 9.80.